The molecule has 26 heavy (non-hydrogen) atoms. The summed E-state index contributed by atoms with van der Waals surface area (Å²) in [5.41, 5.74) is 3.37. The van der Waals surface area contributed by atoms with Crippen molar-refractivity contribution < 1.29 is 8.78 Å². The van der Waals surface area contributed by atoms with Crippen LogP contribution in [-0.4, -0.2) is 0 Å². The molecule has 4 rings (SSSR count). The molecule has 0 aliphatic heterocycles. The molecule has 0 amide bonds. The Labute approximate surface area is 155 Å². The fraction of sp³-hybridized carbons (Fsp3) is 0.130. The number of rotatable bonds is 4. The zero-order chi connectivity index (χ0) is 18.1. The van der Waals surface area contributed by atoms with Crippen molar-refractivity contribution >= 4 is 21.4 Å². The highest BCUT2D eigenvalue weighted by Gasteiger charge is 2.10. The van der Waals surface area contributed by atoms with E-state index < -0.39 is 0 Å². The van der Waals surface area contributed by atoms with Gasteiger partial charge in [0, 0.05) is 15.1 Å². The molecule has 0 atom stereocenters. The average molecular weight is 364 g/mol. The van der Waals surface area contributed by atoms with Gasteiger partial charge in [0.25, 0.3) is 0 Å². The van der Waals surface area contributed by atoms with Crippen molar-refractivity contribution in [2.24, 2.45) is 0 Å². The summed E-state index contributed by atoms with van der Waals surface area (Å²) < 4.78 is 29.0. The van der Waals surface area contributed by atoms with Gasteiger partial charge in [0.1, 0.15) is 11.6 Å². The van der Waals surface area contributed by atoms with E-state index in [1.54, 1.807) is 35.6 Å². The van der Waals surface area contributed by atoms with Crippen molar-refractivity contribution in [1.29, 1.82) is 0 Å². The number of aryl methyl sites for hydroxylation is 1. The Morgan fingerprint density at radius 1 is 0.808 bits per heavy atom. The van der Waals surface area contributed by atoms with Crippen LogP contribution in [0.4, 0.5) is 8.78 Å². The van der Waals surface area contributed by atoms with E-state index in [-0.39, 0.29) is 11.6 Å². The first-order valence-electron chi connectivity index (χ1n) is 8.72. The van der Waals surface area contributed by atoms with Crippen molar-refractivity contribution in [2.75, 3.05) is 0 Å². The minimum absolute atomic E-state index is 0.293. The molecule has 0 saturated heterocycles. The zero-order valence-corrected chi connectivity index (χ0v) is 15.2. The highest BCUT2D eigenvalue weighted by molar-refractivity contribution is 7.22. The standard InChI is InChI=1S/C23H18F2S/c1-2-3-15-4-5-18-14-23(26-22(18)12-15)17-8-11-20(21(25)13-17)16-6-9-19(24)10-7-16/h4-14H,2-3H2,1H3. The summed E-state index contributed by atoms with van der Waals surface area (Å²) in [7, 11) is 0. The normalized spacial score (nSPS) is 11.2. The SMILES string of the molecule is CCCc1ccc2cc(-c3ccc(-c4ccc(F)cc4)c(F)c3)sc2c1. The third kappa shape index (κ3) is 3.27. The lowest BCUT2D eigenvalue weighted by atomic mass is 10.0. The van der Waals surface area contributed by atoms with E-state index >= 15 is 0 Å². The van der Waals surface area contributed by atoms with Gasteiger partial charge in [-0.3, -0.25) is 0 Å². The molecule has 4 aromatic rings. The van der Waals surface area contributed by atoms with Gasteiger partial charge in [-0.1, -0.05) is 49.7 Å². The molecule has 0 nitrogen and oxygen atoms in total. The molecule has 0 radical (unpaired) electrons. The molecule has 0 aliphatic carbocycles. The molecule has 0 N–H and O–H groups in total. The zero-order valence-electron chi connectivity index (χ0n) is 14.4. The first kappa shape index (κ1) is 16.9. The topological polar surface area (TPSA) is 0 Å². The molecule has 130 valence electrons. The van der Waals surface area contributed by atoms with Crippen LogP contribution in [0.3, 0.4) is 0 Å². The van der Waals surface area contributed by atoms with E-state index in [2.05, 4.69) is 31.2 Å². The maximum Gasteiger partial charge on any atom is 0.131 e. The second-order valence-corrected chi connectivity index (χ2v) is 7.52. The summed E-state index contributed by atoms with van der Waals surface area (Å²) in [6.07, 6.45) is 2.20. The van der Waals surface area contributed by atoms with Crippen LogP contribution in [0.15, 0.2) is 66.7 Å². The third-order valence-electron chi connectivity index (χ3n) is 4.53. The summed E-state index contributed by atoms with van der Waals surface area (Å²) in [6.45, 7) is 2.18. The van der Waals surface area contributed by atoms with E-state index in [4.69, 9.17) is 0 Å². The molecule has 0 unspecified atom stereocenters. The lowest BCUT2D eigenvalue weighted by Crippen LogP contribution is -1.86. The van der Waals surface area contributed by atoms with Crippen LogP contribution < -0.4 is 0 Å². The van der Waals surface area contributed by atoms with Gasteiger partial charge in [-0.15, -0.1) is 11.3 Å². The molecular formula is C23H18F2S. The highest BCUT2D eigenvalue weighted by Crippen LogP contribution is 2.36. The fourth-order valence-corrected chi connectivity index (χ4v) is 4.32. The van der Waals surface area contributed by atoms with Gasteiger partial charge in [0.2, 0.25) is 0 Å². The van der Waals surface area contributed by atoms with Gasteiger partial charge in [-0.2, -0.15) is 0 Å². The van der Waals surface area contributed by atoms with E-state index in [1.165, 1.54) is 27.8 Å². The van der Waals surface area contributed by atoms with Crippen LogP contribution in [0.5, 0.6) is 0 Å². The summed E-state index contributed by atoms with van der Waals surface area (Å²) in [5, 5.41) is 1.19. The largest absolute Gasteiger partial charge is 0.207 e. The van der Waals surface area contributed by atoms with Crippen molar-refractivity contribution in [3.8, 4) is 21.6 Å². The molecule has 0 aliphatic rings. The third-order valence-corrected chi connectivity index (χ3v) is 5.68. The van der Waals surface area contributed by atoms with Gasteiger partial charge in [0.15, 0.2) is 0 Å². The molecule has 0 saturated carbocycles. The summed E-state index contributed by atoms with van der Waals surface area (Å²) in [6, 6.07) is 19.8. The number of halogens is 2. The first-order valence-corrected chi connectivity index (χ1v) is 9.54. The van der Waals surface area contributed by atoms with Crippen molar-refractivity contribution in [2.45, 2.75) is 19.8 Å². The maximum atomic E-state index is 14.7. The van der Waals surface area contributed by atoms with Crippen LogP contribution in [0.1, 0.15) is 18.9 Å². The Morgan fingerprint density at radius 2 is 1.58 bits per heavy atom. The van der Waals surface area contributed by atoms with Crippen molar-refractivity contribution in [3.63, 3.8) is 0 Å². The van der Waals surface area contributed by atoms with E-state index in [9.17, 15) is 8.78 Å². The molecule has 0 bridgehead atoms. The van der Waals surface area contributed by atoms with Crippen LogP contribution in [0, 0.1) is 11.6 Å². The van der Waals surface area contributed by atoms with Crippen LogP contribution in [-0.2, 0) is 6.42 Å². The smallest absolute Gasteiger partial charge is 0.131 e. The predicted molar refractivity (Wildman–Crippen MR) is 107 cm³/mol. The number of benzene rings is 3. The summed E-state index contributed by atoms with van der Waals surface area (Å²) in [5.74, 6) is -0.614. The number of fused-ring (bicyclic) bond motifs is 1. The Hall–Kier alpha value is -2.52. The lowest BCUT2D eigenvalue weighted by Gasteiger charge is -2.05. The minimum Gasteiger partial charge on any atom is -0.207 e. The van der Waals surface area contributed by atoms with Gasteiger partial charge in [-0.25, -0.2) is 8.78 Å². The number of hydrogen-bond acceptors (Lipinski definition) is 1. The first-order chi connectivity index (χ1) is 12.6. The fourth-order valence-electron chi connectivity index (χ4n) is 3.19. The van der Waals surface area contributed by atoms with Gasteiger partial charge < -0.3 is 0 Å². The Balaban J connectivity index is 1.70. The molecule has 3 aromatic carbocycles. The van der Waals surface area contributed by atoms with E-state index in [1.807, 2.05) is 6.07 Å². The van der Waals surface area contributed by atoms with Gasteiger partial charge in [-0.05, 0) is 58.8 Å². The van der Waals surface area contributed by atoms with Crippen LogP contribution >= 0.6 is 11.3 Å². The maximum absolute atomic E-state index is 14.7. The predicted octanol–water partition coefficient (Wildman–Crippen LogP) is 7.47. The average Bonchev–Trinajstić information content (AvgIpc) is 3.06. The summed E-state index contributed by atoms with van der Waals surface area (Å²) in [4.78, 5) is 1.05. The minimum atomic E-state index is -0.321. The molecule has 1 aromatic heterocycles. The molecule has 3 heteroatoms. The number of hydrogen-bond donors (Lipinski definition) is 0. The number of thiophene rings is 1. The summed E-state index contributed by atoms with van der Waals surface area (Å²) >= 11 is 1.69. The monoisotopic (exact) mass is 364 g/mol. The Kier molecular flexibility index (Phi) is 4.56. The van der Waals surface area contributed by atoms with E-state index in [0.29, 0.717) is 11.1 Å². The second-order valence-electron chi connectivity index (χ2n) is 6.43. The van der Waals surface area contributed by atoms with Crippen molar-refractivity contribution in [1.82, 2.24) is 0 Å². The second kappa shape index (κ2) is 7.00. The molecular weight excluding hydrogens is 346 g/mol. The lowest BCUT2D eigenvalue weighted by molar-refractivity contribution is 0.626. The highest BCUT2D eigenvalue weighted by atomic mass is 32.1. The van der Waals surface area contributed by atoms with Gasteiger partial charge in [0.05, 0.1) is 0 Å². The van der Waals surface area contributed by atoms with Crippen LogP contribution in [0.25, 0.3) is 31.7 Å². The Bertz CT molecular complexity index is 1060. The molecule has 0 spiro atoms. The van der Waals surface area contributed by atoms with E-state index in [0.717, 1.165) is 23.3 Å². The quantitative estimate of drug-likeness (QED) is 0.352. The van der Waals surface area contributed by atoms with Gasteiger partial charge >= 0.3 is 0 Å². The molecule has 1 heterocycles. The molecule has 0 fully saturated rings. The van der Waals surface area contributed by atoms with Crippen molar-refractivity contribution in [3.05, 3.63) is 83.9 Å². The Morgan fingerprint density at radius 3 is 2.31 bits per heavy atom. The van der Waals surface area contributed by atoms with Crippen LogP contribution in [0.2, 0.25) is 0 Å².